The fraction of sp³-hybridized carbons (Fsp3) is 0.118. The Morgan fingerprint density at radius 3 is 2.81 bits per heavy atom. The maximum Gasteiger partial charge on any atom is 0.286 e. The summed E-state index contributed by atoms with van der Waals surface area (Å²) < 4.78 is 1.91. The lowest BCUT2D eigenvalue weighted by Crippen LogP contribution is -2.11. The maximum atomic E-state index is 12.3. The van der Waals surface area contributed by atoms with Gasteiger partial charge in [-0.3, -0.25) is 9.20 Å². The smallest absolute Gasteiger partial charge is 0.286 e. The number of carbonyl (C=O) groups is 1. The fourth-order valence-corrected chi connectivity index (χ4v) is 3.91. The molecule has 0 radical (unpaired) electrons. The number of hydrogen-bond donors (Lipinski definition) is 1. The highest BCUT2D eigenvalue weighted by Crippen LogP contribution is 2.24. The molecule has 0 atom stereocenters. The first-order valence-corrected chi connectivity index (χ1v) is 9.62. The Kier molecular flexibility index (Phi) is 4.63. The molecule has 0 saturated carbocycles. The lowest BCUT2D eigenvalue weighted by Gasteiger charge is -2.02. The first-order chi connectivity index (χ1) is 12.7. The van der Waals surface area contributed by atoms with Gasteiger partial charge >= 0.3 is 0 Å². The van der Waals surface area contributed by atoms with Gasteiger partial charge in [0.05, 0.1) is 5.75 Å². The molecule has 9 heteroatoms. The molecule has 0 saturated heterocycles. The van der Waals surface area contributed by atoms with Crippen LogP contribution in [-0.4, -0.2) is 30.7 Å². The van der Waals surface area contributed by atoms with Crippen LogP contribution >= 0.6 is 23.1 Å². The van der Waals surface area contributed by atoms with Gasteiger partial charge in [0.1, 0.15) is 5.01 Å². The van der Waals surface area contributed by atoms with Crippen molar-refractivity contribution in [3.8, 4) is 0 Å². The van der Waals surface area contributed by atoms with Crippen LogP contribution in [-0.2, 0) is 5.75 Å². The largest absolute Gasteiger partial charge is 0.320 e. The molecule has 0 spiro atoms. The number of aryl methyl sites for hydroxylation is 1. The van der Waals surface area contributed by atoms with Crippen molar-refractivity contribution in [2.24, 2.45) is 0 Å². The van der Waals surface area contributed by atoms with Gasteiger partial charge in [0.15, 0.2) is 10.8 Å². The number of aromatic nitrogens is 5. The molecule has 4 aromatic rings. The summed E-state index contributed by atoms with van der Waals surface area (Å²) in [7, 11) is 0. The highest BCUT2D eigenvalue weighted by atomic mass is 32.2. The van der Waals surface area contributed by atoms with E-state index < -0.39 is 0 Å². The summed E-state index contributed by atoms with van der Waals surface area (Å²) in [6, 6.07) is 13.4. The van der Waals surface area contributed by atoms with Crippen LogP contribution in [0.1, 0.15) is 20.4 Å². The molecule has 130 valence electrons. The van der Waals surface area contributed by atoms with Crippen molar-refractivity contribution >= 4 is 40.3 Å². The first-order valence-electron chi connectivity index (χ1n) is 7.82. The van der Waals surface area contributed by atoms with Gasteiger partial charge in [0, 0.05) is 11.9 Å². The van der Waals surface area contributed by atoms with Gasteiger partial charge in [0.25, 0.3) is 5.91 Å². The third kappa shape index (κ3) is 3.58. The molecule has 0 aliphatic rings. The quantitative estimate of drug-likeness (QED) is 0.532. The average Bonchev–Trinajstić information content (AvgIpc) is 3.29. The van der Waals surface area contributed by atoms with Crippen LogP contribution in [0.15, 0.2) is 53.8 Å². The Bertz CT molecular complexity index is 1060. The van der Waals surface area contributed by atoms with Gasteiger partial charge in [-0.15, -0.1) is 20.4 Å². The van der Waals surface area contributed by atoms with Crippen molar-refractivity contribution in [2.45, 2.75) is 17.8 Å². The average molecular weight is 382 g/mol. The van der Waals surface area contributed by atoms with Crippen LogP contribution in [0.25, 0.3) is 5.65 Å². The SMILES string of the molecule is Cc1ccc(NC(=O)c2nnc(CSc3nnc4ccccn34)s2)cc1. The molecule has 0 aliphatic carbocycles. The first kappa shape index (κ1) is 16.7. The number of amides is 1. The number of fused-ring (bicyclic) bond motifs is 1. The summed E-state index contributed by atoms with van der Waals surface area (Å²) >= 11 is 2.78. The minimum absolute atomic E-state index is 0.254. The minimum Gasteiger partial charge on any atom is -0.320 e. The molecule has 1 N–H and O–H groups in total. The van der Waals surface area contributed by atoms with Crippen molar-refractivity contribution < 1.29 is 4.79 Å². The molecule has 1 amide bonds. The van der Waals surface area contributed by atoms with Crippen LogP contribution in [0.2, 0.25) is 0 Å². The second-order valence-corrected chi connectivity index (χ2v) is 7.53. The van der Waals surface area contributed by atoms with Crippen LogP contribution < -0.4 is 5.32 Å². The zero-order valence-electron chi connectivity index (χ0n) is 13.8. The number of hydrogen-bond acceptors (Lipinski definition) is 7. The van der Waals surface area contributed by atoms with Crippen molar-refractivity contribution in [3.63, 3.8) is 0 Å². The Balaban J connectivity index is 1.41. The molecular formula is C17H14N6OS2. The molecule has 4 rings (SSSR count). The lowest BCUT2D eigenvalue weighted by atomic mass is 10.2. The summed E-state index contributed by atoms with van der Waals surface area (Å²) in [4.78, 5) is 12.3. The van der Waals surface area contributed by atoms with E-state index in [0.29, 0.717) is 10.8 Å². The molecule has 0 unspecified atom stereocenters. The number of carbonyl (C=O) groups excluding carboxylic acids is 1. The van der Waals surface area contributed by atoms with Gasteiger partial charge in [-0.05, 0) is 31.2 Å². The molecule has 0 aliphatic heterocycles. The van der Waals surface area contributed by atoms with E-state index in [2.05, 4.69) is 25.7 Å². The summed E-state index contributed by atoms with van der Waals surface area (Å²) in [6.45, 7) is 2.00. The number of benzene rings is 1. The van der Waals surface area contributed by atoms with E-state index in [-0.39, 0.29) is 5.91 Å². The van der Waals surface area contributed by atoms with Gasteiger partial charge in [-0.25, -0.2) is 0 Å². The molecular weight excluding hydrogens is 368 g/mol. The Morgan fingerprint density at radius 1 is 1.12 bits per heavy atom. The third-order valence-corrected chi connectivity index (χ3v) is 5.64. The van der Waals surface area contributed by atoms with Gasteiger partial charge in [0.2, 0.25) is 5.01 Å². The van der Waals surface area contributed by atoms with E-state index in [1.807, 2.05) is 60.0 Å². The van der Waals surface area contributed by atoms with E-state index in [0.717, 1.165) is 27.1 Å². The van der Waals surface area contributed by atoms with E-state index >= 15 is 0 Å². The zero-order chi connectivity index (χ0) is 17.9. The molecule has 26 heavy (non-hydrogen) atoms. The van der Waals surface area contributed by atoms with E-state index in [1.54, 1.807) is 0 Å². The van der Waals surface area contributed by atoms with Crippen LogP contribution in [0, 0.1) is 6.92 Å². The number of rotatable bonds is 5. The number of anilines is 1. The Morgan fingerprint density at radius 2 is 1.96 bits per heavy atom. The molecule has 3 heterocycles. The van der Waals surface area contributed by atoms with Crippen molar-refractivity contribution in [1.29, 1.82) is 0 Å². The number of nitrogens with zero attached hydrogens (tertiary/aromatic N) is 5. The zero-order valence-corrected chi connectivity index (χ0v) is 15.4. The molecule has 1 aromatic carbocycles. The number of nitrogens with one attached hydrogen (secondary N) is 1. The predicted octanol–water partition coefficient (Wildman–Crippen LogP) is 3.43. The third-order valence-electron chi connectivity index (χ3n) is 3.58. The number of pyridine rings is 1. The van der Waals surface area contributed by atoms with Gasteiger partial charge < -0.3 is 5.32 Å². The highest BCUT2D eigenvalue weighted by Gasteiger charge is 2.14. The van der Waals surface area contributed by atoms with Gasteiger partial charge in [-0.1, -0.05) is 46.9 Å². The number of thioether (sulfide) groups is 1. The summed E-state index contributed by atoms with van der Waals surface area (Å²) in [6.07, 6.45) is 1.91. The molecule has 0 bridgehead atoms. The van der Waals surface area contributed by atoms with Crippen LogP contribution in [0.5, 0.6) is 0 Å². The van der Waals surface area contributed by atoms with Crippen molar-refractivity contribution in [2.75, 3.05) is 5.32 Å². The summed E-state index contributed by atoms with van der Waals surface area (Å²) in [5, 5.41) is 21.1. The van der Waals surface area contributed by atoms with E-state index in [9.17, 15) is 4.79 Å². The molecule has 7 nitrogen and oxygen atoms in total. The van der Waals surface area contributed by atoms with Crippen molar-refractivity contribution in [1.82, 2.24) is 24.8 Å². The second kappa shape index (κ2) is 7.22. The van der Waals surface area contributed by atoms with Crippen LogP contribution in [0.4, 0.5) is 5.69 Å². The van der Waals surface area contributed by atoms with Crippen molar-refractivity contribution in [3.05, 3.63) is 64.2 Å². The minimum atomic E-state index is -0.254. The normalized spacial score (nSPS) is 11.0. The van der Waals surface area contributed by atoms with E-state index in [1.165, 1.54) is 23.1 Å². The standard InChI is InChI=1S/C17H14N6OS2/c1-11-5-7-12(8-6-11)18-15(24)16-21-20-14(26-16)10-25-17-22-19-13-4-2-3-9-23(13)17/h2-9H,10H2,1H3,(H,18,24). The summed E-state index contributed by atoms with van der Waals surface area (Å²) in [5.74, 6) is 0.320. The predicted molar refractivity (Wildman–Crippen MR) is 102 cm³/mol. The molecule has 0 fully saturated rings. The summed E-state index contributed by atoms with van der Waals surface area (Å²) in [5.41, 5.74) is 2.67. The second-order valence-electron chi connectivity index (χ2n) is 5.52. The Labute approximate surface area is 157 Å². The van der Waals surface area contributed by atoms with E-state index in [4.69, 9.17) is 0 Å². The lowest BCUT2D eigenvalue weighted by molar-refractivity contribution is 0.102. The molecule has 3 aromatic heterocycles. The highest BCUT2D eigenvalue weighted by molar-refractivity contribution is 7.98. The maximum absolute atomic E-state index is 12.3. The Hall–Kier alpha value is -2.78. The fourth-order valence-electron chi connectivity index (χ4n) is 2.27. The van der Waals surface area contributed by atoms with Crippen LogP contribution in [0.3, 0.4) is 0 Å². The topological polar surface area (TPSA) is 85.1 Å². The monoisotopic (exact) mass is 382 g/mol. The van der Waals surface area contributed by atoms with Gasteiger partial charge in [-0.2, -0.15) is 0 Å².